The summed E-state index contributed by atoms with van der Waals surface area (Å²) >= 11 is 0. The van der Waals surface area contributed by atoms with Crippen LogP contribution in [0.4, 0.5) is 5.69 Å². The molecule has 0 saturated carbocycles. The van der Waals surface area contributed by atoms with Crippen molar-refractivity contribution in [2.75, 3.05) is 5.32 Å². The van der Waals surface area contributed by atoms with E-state index < -0.39 is 17.8 Å². The van der Waals surface area contributed by atoms with Gasteiger partial charge < -0.3 is 10.4 Å². The predicted molar refractivity (Wildman–Crippen MR) is 82.3 cm³/mol. The molecule has 0 atom stereocenters. The molecular formula is C15H17N3O5. The standard InChI is InChI=1S/C15H17N3O5/c1-9(2)14(22)16-11-5-3-10(4-6-11)15(23)18-17-12(19)7-8-13(20)21/h3-9H,1-2H3,(H,16,22)(H,17,19)(H,18,23)(H,20,21)/b8-7+. The number of hydrazine groups is 1. The first-order valence-electron chi connectivity index (χ1n) is 6.72. The number of carbonyl (C=O) groups is 4. The maximum atomic E-state index is 11.8. The van der Waals surface area contributed by atoms with Gasteiger partial charge in [0, 0.05) is 29.3 Å². The molecule has 0 bridgehead atoms. The molecule has 8 heteroatoms. The summed E-state index contributed by atoms with van der Waals surface area (Å²) < 4.78 is 0. The Balaban J connectivity index is 2.56. The van der Waals surface area contributed by atoms with Crippen molar-refractivity contribution in [1.82, 2.24) is 10.9 Å². The largest absolute Gasteiger partial charge is 0.478 e. The van der Waals surface area contributed by atoms with Crippen LogP contribution in [-0.2, 0) is 14.4 Å². The fraction of sp³-hybridized carbons (Fsp3) is 0.200. The second kappa shape index (κ2) is 8.32. The van der Waals surface area contributed by atoms with Crippen molar-refractivity contribution >= 4 is 29.4 Å². The zero-order valence-corrected chi connectivity index (χ0v) is 12.6. The highest BCUT2D eigenvalue weighted by atomic mass is 16.4. The highest BCUT2D eigenvalue weighted by molar-refractivity contribution is 5.99. The Labute approximate surface area is 132 Å². The summed E-state index contributed by atoms with van der Waals surface area (Å²) in [6, 6.07) is 6.07. The normalized spacial score (nSPS) is 10.4. The van der Waals surface area contributed by atoms with Crippen LogP contribution < -0.4 is 16.2 Å². The molecule has 122 valence electrons. The summed E-state index contributed by atoms with van der Waals surface area (Å²) in [5.41, 5.74) is 4.98. The fourth-order valence-corrected chi connectivity index (χ4v) is 1.37. The lowest BCUT2D eigenvalue weighted by Gasteiger charge is -2.09. The van der Waals surface area contributed by atoms with Gasteiger partial charge in [0.2, 0.25) is 5.91 Å². The lowest BCUT2D eigenvalue weighted by molar-refractivity contribution is -0.131. The van der Waals surface area contributed by atoms with Gasteiger partial charge in [-0.05, 0) is 24.3 Å². The Kier molecular flexibility index (Phi) is 6.47. The maximum absolute atomic E-state index is 11.8. The fourth-order valence-electron chi connectivity index (χ4n) is 1.37. The molecule has 0 saturated heterocycles. The van der Waals surface area contributed by atoms with Gasteiger partial charge >= 0.3 is 5.97 Å². The number of carbonyl (C=O) groups excluding carboxylic acids is 3. The van der Waals surface area contributed by atoms with Crippen LogP contribution in [-0.4, -0.2) is 28.8 Å². The first kappa shape index (κ1) is 17.9. The van der Waals surface area contributed by atoms with Crippen molar-refractivity contribution in [3.8, 4) is 0 Å². The molecule has 1 aromatic carbocycles. The number of amides is 3. The third kappa shape index (κ3) is 6.42. The number of hydrogen-bond acceptors (Lipinski definition) is 4. The van der Waals surface area contributed by atoms with Crippen LogP contribution in [0.3, 0.4) is 0 Å². The molecule has 3 amide bonds. The van der Waals surface area contributed by atoms with E-state index in [9.17, 15) is 19.2 Å². The van der Waals surface area contributed by atoms with Gasteiger partial charge in [0.15, 0.2) is 0 Å². The van der Waals surface area contributed by atoms with Gasteiger partial charge in [-0.25, -0.2) is 4.79 Å². The van der Waals surface area contributed by atoms with Gasteiger partial charge in [0.25, 0.3) is 11.8 Å². The lowest BCUT2D eigenvalue weighted by Crippen LogP contribution is -2.40. The van der Waals surface area contributed by atoms with Crippen LogP contribution in [0, 0.1) is 5.92 Å². The molecule has 4 N–H and O–H groups in total. The topological polar surface area (TPSA) is 125 Å². The van der Waals surface area contributed by atoms with E-state index in [1.807, 2.05) is 5.43 Å². The molecule has 0 spiro atoms. The Morgan fingerprint density at radius 1 is 1.00 bits per heavy atom. The second-order valence-electron chi connectivity index (χ2n) is 4.84. The van der Waals surface area contributed by atoms with Crippen molar-refractivity contribution in [2.45, 2.75) is 13.8 Å². The molecule has 1 aromatic rings. The second-order valence-corrected chi connectivity index (χ2v) is 4.84. The molecule has 0 aromatic heterocycles. The molecule has 0 heterocycles. The number of carboxylic acid groups (broad SMARTS) is 1. The number of carboxylic acids is 1. The molecule has 0 aliphatic rings. The van der Waals surface area contributed by atoms with E-state index in [1.54, 1.807) is 26.0 Å². The van der Waals surface area contributed by atoms with Gasteiger partial charge in [0.05, 0.1) is 0 Å². The molecule has 0 fully saturated rings. The average Bonchev–Trinajstić information content (AvgIpc) is 2.51. The van der Waals surface area contributed by atoms with Crippen molar-refractivity contribution < 1.29 is 24.3 Å². The maximum Gasteiger partial charge on any atom is 0.328 e. The Bertz CT molecular complexity index is 635. The molecule has 23 heavy (non-hydrogen) atoms. The van der Waals surface area contributed by atoms with Crippen LogP contribution in [0.1, 0.15) is 24.2 Å². The van der Waals surface area contributed by atoms with E-state index in [-0.39, 0.29) is 17.4 Å². The van der Waals surface area contributed by atoms with Crippen molar-refractivity contribution in [3.05, 3.63) is 42.0 Å². The quantitative estimate of drug-likeness (QED) is 0.469. The minimum absolute atomic E-state index is 0.139. The molecule has 0 aliphatic heterocycles. The average molecular weight is 319 g/mol. The summed E-state index contributed by atoms with van der Waals surface area (Å²) in [5.74, 6) is -2.93. The molecule has 8 nitrogen and oxygen atoms in total. The first-order chi connectivity index (χ1) is 10.8. The van der Waals surface area contributed by atoms with Crippen molar-refractivity contribution in [1.29, 1.82) is 0 Å². The zero-order chi connectivity index (χ0) is 17.4. The van der Waals surface area contributed by atoms with E-state index in [0.717, 1.165) is 6.08 Å². The smallest absolute Gasteiger partial charge is 0.328 e. The molecule has 0 unspecified atom stereocenters. The van der Waals surface area contributed by atoms with Gasteiger partial charge in [-0.2, -0.15) is 0 Å². The van der Waals surface area contributed by atoms with E-state index in [0.29, 0.717) is 11.8 Å². The Morgan fingerprint density at radius 2 is 1.61 bits per heavy atom. The highest BCUT2D eigenvalue weighted by Crippen LogP contribution is 2.10. The molecule has 0 radical (unpaired) electrons. The summed E-state index contributed by atoms with van der Waals surface area (Å²) in [6.45, 7) is 3.53. The summed E-state index contributed by atoms with van der Waals surface area (Å²) in [4.78, 5) is 44.7. The van der Waals surface area contributed by atoms with Gasteiger partial charge in [-0.15, -0.1) is 0 Å². The third-order valence-corrected chi connectivity index (χ3v) is 2.62. The molecule has 0 aliphatic carbocycles. The van der Waals surface area contributed by atoms with E-state index in [4.69, 9.17) is 5.11 Å². The number of hydrogen-bond donors (Lipinski definition) is 4. The number of benzene rings is 1. The minimum Gasteiger partial charge on any atom is -0.478 e. The zero-order valence-electron chi connectivity index (χ0n) is 12.6. The summed E-state index contributed by atoms with van der Waals surface area (Å²) in [6.07, 6.45) is 1.42. The first-order valence-corrected chi connectivity index (χ1v) is 6.72. The van der Waals surface area contributed by atoms with E-state index in [2.05, 4.69) is 10.7 Å². The monoisotopic (exact) mass is 319 g/mol. The lowest BCUT2D eigenvalue weighted by atomic mass is 10.1. The highest BCUT2D eigenvalue weighted by Gasteiger charge is 2.09. The molecular weight excluding hydrogens is 302 g/mol. The van der Waals surface area contributed by atoms with Gasteiger partial charge in [0.1, 0.15) is 0 Å². The van der Waals surface area contributed by atoms with Gasteiger partial charge in [-0.3, -0.25) is 25.2 Å². The van der Waals surface area contributed by atoms with Crippen LogP contribution in [0.25, 0.3) is 0 Å². The van der Waals surface area contributed by atoms with Crippen LogP contribution in [0.5, 0.6) is 0 Å². The van der Waals surface area contributed by atoms with Crippen LogP contribution in [0.2, 0.25) is 0 Å². The molecule has 1 rings (SSSR count). The SMILES string of the molecule is CC(C)C(=O)Nc1ccc(C(=O)NNC(=O)/C=C/C(=O)O)cc1. The Morgan fingerprint density at radius 3 is 2.13 bits per heavy atom. The summed E-state index contributed by atoms with van der Waals surface area (Å²) in [5, 5.41) is 11.0. The Hall–Kier alpha value is -3.16. The van der Waals surface area contributed by atoms with Crippen molar-refractivity contribution in [2.24, 2.45) is 5.92 Å². The van der Waals surface area contributed by atoms with E-state index >= 15 is 0 Å². The number of nitrogens with one attached hydrogen (secondary N) is 3. The number of rotatable bonds is 5. The summed E-state index contributed by atoms with van der Waals surface area (Å²) in [7, 11) is 0. The van der Waals surface area contributed by atoms with Crippen LogP contribution in [0.15, 0.2) is 36.4 Å². The van der Waals surface area contributed by atoms with Crippen molar-refractivity contribution in [3.63, 3.8) is 0 Å². The number of anilines is 1. The van der Waals surface area contributed by atoms with E-state index in [1.165, 1.54) is 12.1 Å². The third-order valence-electron chi connectivity index (χ3n) is 2.62. The predicted octanol–water partition coefficient (Wildman–Crippen LogP) is 0.683. The van der Waals surface area contributed by atoms with Gasteiger partial charge in [-0.1, -0.05) is 13.8 Å². The van der Waals surface area contributed by atoms with Crippen LogP contribution >= 0.6 is 0 Å². The minimum atomic E-state index is -1.27. The number of aliphatic carboxylic acids is 1.